The predicted molar refractivity (Wildman–Crippen MR) is 97.7 cm³/mol. The minimum atomic E-state index is -0.153. The summed E-state index contributed by atoms with van der Waals surface area (Å²) in [5, 5.41) is 13.2. The number of aliphatic hydroxyl groups is 1. The van der Waals surface area contributed by atoms with Gasteiger partial charge in [-0.25, -0.2) is 0 Å². The molecule has 3 fully saturated rings. The van der Waals surface area contributed by atoms with Crippen LogP contribution >= 0.6 is 0 Å². The van der Waals surface area contributed by atoms with Crippen LogP contribution in [-0.4, -0.2) is 58.8 Å². The van der Waals surface area contributed by atoms with Crippen LogP contribution in [0.3, 0.4) is 0 Å². The normalized spacial score (nSPS) is 35.8. The second-order valence-corrected chi connectivity index (χ2v) is 8.37. The third kappa shape index (κ3) is 3.13. The van der Waals surface area contributed by atoms with Crippen LogP contribution in [0.4, 0.5) is 0 Å². The maximum absolute atomic E-state index is 13.2. The van der Waals surface area contributed by atoms with Crippen LogP contribution in [0.1, 0.15) is 51.9 Å². The Morgan fingerprint density at radius 3 is 2.48 bits per heavy atom. The number of likely N-dealkylation sites (tertiary alicyclic amines) is 2. The number of nitrogens with zero attached hydrogens (tertiary/aromatic N) is 2. The summed E-state index contributed by atoms with van der Waals surface area (Å²) >= 11 is 0. The highest BCUT2D eigenvalue weighted by atomic mass is 16.3. The fourth-order valence-corrected chi connectivity index (χ4v) is 5.20. The predicted octanol–water partition coefficient (Wildman–Crippen LogP) is 1.99. The molecule has 1 amide bonds. The first kappa shape index (κ1) is 17.1. The molecule has 5 nitrogen and oxygen atoms in total. The molecule has 2 N–H and O–H groups in total. The molecule has 138 valence electrons. The molecule has 0 aromatic heterocycles. The molecule has 0 aromatic rings. The molecule has 2 saturated heterocycles. The molecule has 3 heterocycles. The molecule has 1 atom stereocenters. The van der Waals surface area contributed by atoms with Gasteiger partial charge in [0.1, 0.15) is 6.17 Å². The lowest BCUT2D eigenvalue weighted by Crippen LogP contribution is -2.53. The van der Waals surface area contributed by atoms with Gasteiger partial charge in [0.25, 0.3) is 0 Å². The average molecular weight is 345 g/mol. The molecule has 5 heteroatoms. The second kappa shape index (κ2) is 6.76. The summed E-state index contributed by atoms with van der Waals surface area (Å²) in [6, 6.07) is 0.364. The summed E-state index contributed by atoms with van der Waals surface area (Å²) in [6.07, 6.45) is 13.0. The summed E-state index contributed by atoms with van der Waals surface area (Å²) in [4.78, 5) is 17.9. The van der Waals surface area contributed by atoms with Crippen LogP contribution in [0, 0.1) is 5.41 Å². The lowest BCUT2D eigenvalue weighted by atomic mass is 9.76. The number of carbonyl (C=O) groups excluding carboxylic acids is 1. The van der Waals surface area contributed by atoms with Crippen molar-refractivity contribution in [3.05, 3.63) is 23.9 Å². The van der Waals surface area contributed by atoms with Gasteiger partial charge in [-0.1, -0.05) is 6.08 Å². The Kier molecular flexibility index (Phi) is 4.63. The zero-order valence-corrected chi connectivity index (χ0v) is 15.3. The number of hydrogen-bond acceptors (Lipinski definition) is 4. The van der Waals surface area contributed by atoms with Gasteiger partial charge in [-0.15, -0.1) is 0 Å². The second-order valence-electron chi connectivity index (χ2n) is 8.37. The zero-order valence-electron chi connectivity index (χ0n) is 15.3. The van der Waals surface area contributed by atoms with Gasteiger partial charge in [0, 0.05) is 25.7 Å². The largest absolute Gasteiger partial charge is 0.393 e. The molecule has 4 rings (SSSR count). The Bertz CT molecular complexity index is 569. The Morgan fingerprint density at radius 1 is 1.12 bits per heavy atom. The number of aliphatic hydroxyl groups excluding tert-OH is 1. The van der Waals surface area contributed by atoms with E-state index in [9.17, 15) is 9.90 Å². The van der Waals surface area contributed by atoms with Crippen molar-refractivity contribution < 1.29 is 9.90 Å². The molecule has 1 unspecified atom stereocenters. The fourth-order valence-electron chi connectivity index (χ4n) is 5.20. The van der Waals surface area contributed by atoms with Gasteiger partial charge < -0.3 is 15.3 Å². The van der Waals surface area contributed by atoms with Crippen molar-refractivity contribution in [1.29, 1.82) is 0 Å². The summed E-state index contributed by atoms with van der Waals surface area (Å²) in [6.45, 7) is 5.06. The number of dihydropyridines is 1. The molecule has 1 spiro atoms. The van der Waals surface area contributed by atoms with Gasteiger partial charge in [-0.05, 0) is 69.7 Å². The van der Waals surface area contributed by atoms with Crippen LogP contribution < -0.4 is 5.32 Å². The van der Waals surface area contributed by atoms with Gasteiger partial charge in [0.2, 0.25) is 5.91 Å². The molecular formula is C20H31N3O2. The molecule has 1 saturated carbocycles. The van der Waals surface area contributed by atoms with Gasteiger partial charge in [-0.3, -0.25) is 9.69 Å². The van der Waals surface area contributed by atoms with Crippen LogP contribution in [0.5, 0.6) is 0 Å². The summed E-state index contributed by atoms with van der Waals surface area (Å²) in [7, 11) is 0. The summed E-state index contributed by atoms with van der Waals surface area (Å²) < 4.78 is 0. The van der Waals surface area contributed by atoms with Crippen molar-refractivity contribution >= 4 is 5.91 Å². The number of carbonyl (C=O) groups is 1. The molecule has 3 aliphatic heterocycles. The lowest BCUT2D eigenvalue weighted by Gasteiger charge is -2.43. The molecule has 25 heavy (non-hydrogen) atoms. The third-order valence-electron chi connectivity index (χ3n) is 6.91. The summed E-state index contributed by atoms with van der Waals surface area (Å²) in [5.41, 5.74) is 1.23. The van der Waals surface area contributed by atoms with Crippen molar-refractivity contribution in [3.63, 3.8) is 0 Å². The summed E-state index contributed by atoms with van der Waals surface area (Å²) in [5.74, 6) is 0.400. The van der Waals surface area contributed by atoms with E-state index in [1.807, 2.05) is 6.20 Å². The van der Waals surface area contributed by atoms with Gasteiger partial charge in [-0.2, -0.15) is 0 Å². The van der Waals surface area contributed by atoms with Gasteiger partial charge in [0.05, 0.1) is 11.5 Å². The highest BCUT2D eigenvalue weighted by Crippen LogP contribution is 2.44. The van der Waals surface area contributed by atoms with Crippen molar-refractivity contribution in [2.75, 3.05) is 19.6 Å². The van der Waals surface area contributed by atoms with Crippen LogP contribution in [0.15, 0.2) is 23.9 Å². The average Bonchev–Trinajstić information content (AvgIpc) is 2.94. The number of amides is 1. The van der Waals surface area contributed by atoms with Crippen molar-refractivity contribution in [2.24, 2.45) is 5.41 Å². The standard InChI is InChI=1S/C20H31N3O2/c1-15-3-2-11-21-18(15)22-12-8-20(9-13-22)10-14-23(19(20)25)16-4-6-17(24)7-5-16/h2-3,11,16-18,21,24H,4-10,12-14H2,1H3. The quantitative estimate of drug-likeness (QED) is 0.804. The molecule has 4 aliphatic rings. The molecule has 0 bridgehead atoms. The third-order valence-corrected chi connectivity index (χ3v) is 6.91. The smallest absolute Gasteiger partial charge is 0.229 e. The maximum atomic E-state index is 13.2. The Morgan fingerprint density at radius 2 is 1.80 bits per heavy atom. The number of nitrogens with one attached hydrogen (secondary N) is 1. The van der Waals surface area contributed by atoms with E-state index in [0.29, 0.717) is 11.9 Å². The molecular weight excluding hydrogens is 314 g/mol. The fraction of sp³-hybridized carbons (Fsp3) is 0.750. The highest BCUT2D eigenvalue weighted by Gasteiger charge is 2.50. The number of rotatable bonds is 2. The lowest BCUT2D eigenvalue weighted by molar-refractivity contribution is -0.141. The van der Waals surface area contributed by atoms with Crippen LogP contribution in [0.2, 0.25) is 0 Å². The number of hydrogen-bond donors (Lipinski definition) is 2. The highest BCUT2D eigenvalue weighted by molar-refractivity contribution is 5.85. The van der Waals surface area contributed by atoms with Crippen LogP contribution in [0.25, 0.3) is 0 Å². The molecule has 0 aromatic carbocycles. The zero-order chi connectivity index (χ0) is 17.4. The minimum Gasteiger partial charge on any atom is -0.393 e. The van der Waals surface area contributed by atoms with Crippen molar-refractivity contribution in [2.45, 2.75) is 70.2 Å². The topological polar surface area (TPSA) is 55.8 Å². The Balaban J connectivity index is 1.37. The van der Waals surface area contributed by atoms with E-state index in [4.69, 9.17) is 0 Å². The maximum Gasteiger partial charge on any atom is 0.229 e. The van der Waals surface area contributed by atoms with Crippen LogP contribution in [-0.2, 0) is 4.79 Å². The number of piperidine rings is 1. The van der Waals surface area contributed by atoms with Crippen molar-refractivity contribution in [3.8, 4) is 0 Å². The SMILES string of the molecule is CC1=CC=CNC1N1CCC2(CC1)CCN(C1CCC(O)CC1)C2=O. The molecule has 0 radical (unpaired) electrons. The molecule has 1 aliphatic carbocycles. The first-order valence-corrected chi connectivity index (χ1v) is 9.92. The van der Waals surface area contributed by atoms with Gasteiger partial charge in [0.15, 0.2) is 0 Å². The van der Waals surface area contributed by atoms with E-state index < -0.39 is 0 Å². The monoisotopic (exact) mass is 345 g/mol. The van der Waals surface area contributed by atoms with E-state index in [1.165, 1.54) is 5.57 Å². The first-order chi connectivity index (χ1) is 12.1. The first-order valence-electron chi connectivity index (χ1n) is 9.92. The number of allylic oxidation sites excluding steroid dienone is 2. The Labute approximate surface area is 150 Å². The van der Waals surface area contributed by atoms with E-state index in [0.717, 1.165) is 64.6 Å². The van der Waals surface area contributed by atoms with Crippen molar-refractivity contribution in [1.82, 2.24) is 15.1 Å². The Hall–Kier alpha value is -1.33. The minimum absolute atomic E-state index is 0.116. The van der Waals surface area contributed by atoms with E-state index in [-0.39, 0.29) is 17.7 Å². The van der Waals surface area contributed by atoms with Gasteiger partial charge >= 0.3 is 0 Å². The van der Waals surface area contributed by atoms with E-state index in [1.54, 1.807) is 0 Å². The van der Waals surface area contributed by atoms with E-state index in [2.05, 4.69) is 34.2 Å². The van der Waals surface area contributed by atoms with E-state index >= 15 is 0 Å².